The smallest absolute Gasteiger partial charge is 0.381 e. The molecule has 0 atom stereocenters. The van der Waals surface area contributed by atoms with E-state index in [1.807, 2.05) is 6.07 Å². The Morgan fingerprint density at radius 2 is 1.62 bits per heavy atom. The largest absolute Gasteiger partial charge is 0.416 e. The number of aromatic amines is 1. The van der Waals surface area contributed by atoms with Crippen LogP contribution < -0.4 is 0 Å². The Morgan fingerprint density at radius 3 is 2.05 bits per heavy atom. The molecule has 3 aromatic heterocycles. The van der Waals surface area contributed by atoms with E-state index in [1.54, 1.807) is 26.2 Å². The van der Waals surface area contributed by atoms with Crippen molar-refractivity contribution in [1.82, 2.24) is 30.1 Å². The summed E-state index contributed by atoms with van der Waals surface area (Å²) in [6, 6.07) is 4.12. The molecule has 0 amide bonds. The topological polar surface area (TPSA) is 89.5 Å². The van der Waals surface area contributed by atoms with Gasteiger partial charge in [0.05, 0.1) is 17.0 Å². The number of halogens is 6. The van der Waals surface area contributed by atoms with Crippen LogP contribution >= 0.6 is 0 Å². The van der Waals surface area contributed by atoms with Crippen molar-refractivity contribution in [2.45, 2.75) is 58.1 Å². The minimum atomic E-state index is -4.61. The van der Waals surface area contributed by atoms with Gasteiger partial charge in [-0.3, -0.25) is 5.10 Å². The quantitative estimate of drug-likeness (QED) is 0.258. The second-order valence-electron chi connectivity index (χ2n) is 8.78. The Morgan fingerprint density at radius 1 is 0.949 bits per heavy atom. The Hall–Kier alpha value is -3.61. The van der Waals surface area contributed by atoms with E-state index in [2.05, 4.69) is 30.1 Å². The van der Waals surface area contributed by atoms with Gasteiger partial charge < -0.3 is 4.74 Å². The van der Waals surface area contributed by atoms with Crippen LogP contribution in [0, 0.1) is 19.7 Å². The molecule has 210 valence electrons. The Labute approximate surface area is 221 Å². The van der Waals surface area contributed by atoms with Gasteiger partial charge >= 0.3 is 6.18 Å². The number of nitrogens with zero attached hydrogens (tertiary/aromatic N) is 5. The zero-order chi connectivity index (χ0) is 28.5. The summed E-state index contributed by atoms with van der Waals surface area (Å²) in [6.07, 6.45) is 4.19. The Balaban J connectivity index is 0.000000209. The molecule has 0 radical (unpaired) electrons. The van der Waals surface area contributed by atoms with Crippen LogP contribution in [0.25, 0.3) is 22.4 Å². The second kappa shape index (κ2) is 13.5. The first kappa shape index (κ1) is 29.9. The zero-order valence-corrected chi connectivity index (χ0v) is 21.4. The third-order valence-electron chi connectivity index (χ3n) is 5.54. The number of ether oxygens (including phenoxy) is 1. The number of aromatic nitrogens is 6. The van der Waals surface area contributed by atoms with E-state index in [1.165, 1.54) is 25.6 Å². The summed E-state index contributed by atoms with van der Waals surface area (Å²) in [4.78, 5) is 16.5. The third-order valence-corrected chi connectivity index (χ3v) is 5.54. The lowest BCUT2D eigenvalue weighted by Crippen LogP contribution is -2.06. The molecule has 0 bridgehead atoms. The van der Waals surface area contributed by atoms with Gasteiger partial charge in [-0.05, 0) is 57.4 Å². The van der Waals surface area contributed by atoms with Gasteiger partial charge in [0.1, 0.15) is 23.4 Å². The van der Waals surface area contributed by atoms with E-state index in [4.69, 9.17) is 4.74 Å². The first-order chi connectivity index (χ1) is 18.5. The molecule has 6 rings (SSSR count). The van der Waals surface area contributed by atoms with E-state index in [0.29, 0.717) is 17.5 Å². The average Bonchev–Trinajstić information content (AvgIpc) is 3.32. The summed E-state index contributed by atoms with van der Waals surface area (Å²) in [5.41, 5.74) is 0.748. The van der Waals surface area contributed by atoms with E-state index in [0.717, 1.165) is 25.3 Å². The van der Waals surface area contributed by atoms with E-state index >= 15 is 0 Å². The number of aryl methyl sites for hydroxylation is 2. The van der Waals surface area contributed by atoms with Gasteiger partial charge in [0.15, 0.2) is 5.65 Å². The minimum absolute atomic E-state index is 0.0806. The van der Waals surface area contributed by atoms with Crippen LogP contribution in [0.5, 0.6) is 0 Å². The monoisotopic (exact) mass is 554 g/mol. The summed E-state index contributed by atoms with van der Waals surface area (Å²) < 4.78 is 79.4. The fourth-order valence-corrected chi connectivity index (χ4v) is 3.12. The lowest BCUT2D eigenvalue weighted by Gasteiger charge is -2.10. The lowest BCUT2D eigenvalue weighted by molar-refractivity contribution is -0.137. The molecule has 2 fully saturated rings. The van der Waals surface area contributed by atoms with E-state index in [9.17, 15) is 26.3 Å². The highest BCUT2D eigenvalue weighted by Gasteiger charge is 2.43. The number of nitrogens with one attached hydrogen (secondary N) is 1. The van der Waals surface area contributed by atoms with Gasteiger partial charge in [-0.1, -0.05) is 0 Å². The molecule has 1 saturated heterocycles. The van der Waals surface area contributed by atoms with Gasteiger partial charge in [0.2, 0.25) is 5.92 Å². The van der Waals surface area contributed by atoms with Crippen LogP contribution in [-0.4, -0.2) is 49.3 Å². The normalized spacial score (nSPS) is 15.6. The molecule has 0 unspecified atom stereocenters. The van der Waals surface area contributed by atoms with Crippen LogP contribution in [0.15, 0.2) is 43.0 Å². The van der Waals surface area contributed by atoms with E-state index in [-0.39, 0.29) is 35.3 Å². The molecule has 39 heavy (non-hydrogen) atoms. The Kier molecular flexibility index (Phi) is 10.3. The van der Waals surface area contributed by atoms with Crippen LogP contribution in [0.1, 0.15) is 49.1 Å². The maximum absolute atomic E-state index is 14.2. The van der Waals surface area contributed by atoms with Crippen LogP contribution in [0.4, 0.5) is 26.3 Å². The minimum Gasteiger partial charge on any atom is -0.381 e. The molecule has 0 spiro atoms. The molecule has 4 aromatic rings. The van der Waals surface area contributed by atoms with Gasteiger partial charge in [-0.15, -0.1) is 0 Å². The van der Waals surface area contributed by atoms with Gasteiger partial charge in [0.25, 0.3) is 0 Å². The molecule has 1 aliphatic heterocycles. The maximum atomic E-state index is 14.2. The fraction of sp³-hybridized carbons (Fsp3) is 0.423. The van der Waals surface area contributed by atoms with Crippen LogP contribution in [-0.2, 0) is 10.9 Å². The number of fused-ring (bicyclic) bond motifs is 1. The molecule has 4 heterocycles. The van der Waals surface area contributed by atoms with Crippen LogP contribution in [0.2, 0.25) is 0 Å². The van der Waals surface area contributed by atoms with Gasteiger partial charge in [-0.2, -0.15) is 18.3 Å². The predicted molar refractivity (Wildman–Crippen MR) is 132 cm³/mol. The highest BCUT2D eigenvalue weighted by Crippen LogP contribution is 2.40. The summed E-state index contributed by atoms with van der Waals surface area (Å²) in [5, 5.41) is 6.21. The van der Waals surface area contributed by atoms with E-state index < -0.39 is 23.5 Å². The Bertz CT molecular complexity index is 1290. The molecule has 13 heteroatoms. The maximum Gasteiger partial charge on any atom is 0.416 e. The lowest BCUT2D eigenvalue weighted by atomic mass is 10.1. The van der Waals surface area contributed by atoms with Gasteiger partial charge in [0, 0.05) is 44.0 Å². The second-order valence-corrected chi connectivity index (χ2v) is 8.78. The molecule has 1 saturated carbocycles. The predicted octanol–water partition coefficient (Wildman–Crippen LogP) is 6.87. The molecule has 1 aliphatic carbocycles. The molecule has 1 N–H and O–H groups in total. The first-order valence-corrected chi connectivity index (χ1v) is 12.2. The van der Waals surface area contributed by atoms with Crippen molar-refractivity contribution in [1.29, 1.82) is 0 Å². The third kappa shape index (κ3) is 9.57. The number of hydrogen-bond acceptors (Lipinski definition) is 6. The fourth-order valence-electron chi connectivity index (χ4n) is 3.12. The van der Waals surface area contributed by atoms with Crippen molar-refractivity contribution in [3.8, 4) is 11.3 Å². The summed E-state index contributed by atoms with van der Waals surface area (Å²) in [6.45, 7) is 5.48. The van der Waals surface area contributed by atoms with Gasteiger partial charge in [-0.25, -0.2) is 33.1 Å². The number of H-pyrrole nitrogens is 1. The van der Waals surface area contributed by atoms with Crippen LogP contribution in [0.3, 0.4) is 0 Å². The van der Waals surface area contributed by atoms with Crippen molar-refractivity contribution in [2.24, 2.45) is 0 Å². The zero-order valence-electron chi connectivity index (χ0n) is 21.4. The highest BCUT2D eigenvalue weighted by atomic mass is 19.4. The van der Waals surface area contributed by atoms with Crippen molar-refractivity contribution < 1.29 is 31.1 Å². The van der Waals surface area contributed by atoms with Crippen molar-refractivity contribution in [3.05, 3.63) is 65.8 Å². The average molecular weight is 555 g/mol. The summed E-state index contributed by atoms with van der Waals surface area (Å²) in [7, 11) is 0. The molecule has 1 aromatic carbocycles. The number of rotatable bonds is 1. The summed E-state index contributed by atoms with van der Waals surface area (Å²) in [5.74, 6) is -3.28. The number of benzene rings is 1. The first-order valence-electron chi connectivity index (χ1n) is 12.2. The standard InChI is InChI=1S/C15H10F4N4.C5H10O.C3H4F2.C3H4N2/c1-7-8(2)23-14-13(22-7)12(20-6-21-14)10-4-3-9(5-11(10)16)15(17,18)19;1-2-4-6-5-3-1;4-3(5)1-2-3;1-2-4-5-3-1/h3-6H,1-2H3;1-5H2;1-2H2;1-3H,(H,4,5). The summed E-state index contributed by atoms with van der Waals surface area (Å²) >= 11 is 0. The molecule has 2 aliphatic rings. The highest BCUT2D eigenvalue weighted by molar-refractivity contribution is 5.86. The SMILES string of the molecule is C1CCOCC1.Cc1nc2ncnc(-c3ccc(C(F)(F)F)cc3F)c2nc1C.FC1(F)CC1.c1cn[nH]c1. The molecular weight excluding hydrogens is 526 g/mol. The van der Waals surface area contributed by atoms with Crippen molar-refractivity contribution in [2.75, 3.05) is 13.2 Å². The number of alkyl halides is 5. The van der Waals surface area contributed by atoms with Crippen molar-refractivity contribution in [3.63, 3.8) is 0 Å². The molecular formula is C26H28F6N6O. The number of hydrogen-bond donors (Lipinski definition) is 1. The molecule has 7 nitrogen and oxygen atoms in total. The van der Waals surface area contributed by atoms with Crippen molar-refractivity contribution >= 4 is 11.2 Å².